The van der Waals surface area contributed by atoms with Crippen molar-refractivity contribution in [2.45, 2.75) is 73.8 Å². The second-order valence-electron chi connectivity index (χ2n) is 26.6. The van der Waals surface area contributed by atoms with E-state index in [9.17, 15) is 25.9 Å². The van der Waals surface area contributed by atoms with Gasteiger partial charge in [0.1, 0.15) is 22.6 Å². The molecule has 0 saturated carbocycles. The molecule has 0 saturated heterocycles. The molecule has 6 heterocycles. The third-order valence-electron chi connectivity index (χ3n) is 19.1. The number of benzene rings is 10. The molecule has 10 aromatic carbocycles. The molecule has 0 radical (unpaired) electrons. The van der Waals surface area contributed by atoms with Gasteiger partial charge in [-0.3, -0.25) is 17.6 Å². The predicted octanol–water partition coefficient (Wildman–Crippen LogP) is 14.8. The summed E-state index contributed by atoms with van der Waals surface area (Å²) in [5, 5.41) is 4.48. The molecule has 0 fully saturated rings. The fraction of sp³-hybridized carbons (Fsp3) is 0.158. The predicted molar refractivity (Wildman–Crippen MR) is 401 cm³/mol. The highest BCUT2D eigenvalue weighted by Crippen LogP contribution is 2.56. The van der Waals surface area contributed by atoms with E-state index in [1.54, 1.807) is 24.3 Å². The second kappa shape index (κ2) is 24.4. The smallest absolute Gasteiger partial charge is 0.404 e. The summed E-state index contributed by atoms with van der Waals surface area (Å²) < 4.78 is 99.4. The fourth-order valence-corrected chi connectivity index (χ4v) is 28.5. The van der Waals surface area contributed by atoms with Gasteiger partial charge >= 0.3 is 8.88 Å². The van der Waals surface area contributed by atoms with Gasteiger partial charge in [-0.25, -0.2) is 30.0 Å². The van der Waals surface area contributed by atoms with Crippen LogP contribution >= 0.6 is 0 Å². The zero-order valence-corrected chi connectivity index (χ0v) is 59.3. The normalized spacial score (nSPS) is 14.7. The molecule has 4 aliphatic rings. The summed E-state index contributed by atoms with van der Waals surface area (Å²) in [5.41, 5.74) is 21.5. The van der Waals surface area contributed by atoms with Crippen LogP contribution in [0.3, 0.4) is 0 Å². The van der Waals surface area contributed by atoms with Gasteiger partial charge in [0.25, 0.3) is 20.2 Å². The van der Waals surface area contributed by atoms with Crippen molar-refractivity contribution in [3.8, 4) is 44.5 Å². The molecule has 6 N–H and O–H groups in total. The van der Waals surface area contributed by atoms with Crippen molar-refractivity contribution >= 4 is 124 Å². The van der Waals surface area contributed by atoms with Crippen LogP contribution < -0.4 is 22.4 Å². The molecule has 18 nitrogen and oxygen atoms in total. The number of aromatic nitrogens is 2. The Balaban J connectivity index is 1.30. The van der Waals surface area contributed by atoms with Crippen molar-refractivity contribution in [1.29, 1.82) is 0 Å². The van der Waals surface area contributed by atoms with Crippen molar-refractivity contribution < 1.29 is 34.2 Å². The standard InChI is InChI=1S/C76H68N10O8S2Si3/c1-97(2,43-23-21-41-77)93-99(94-98(3,4)44-24-22-42-78)85-73-65-61(47-25-9-5-10-26-47)53-39-37-51(95(87,88)89)45-59(53)63(49-29-13-7-14-30-49)67(65)75(85)83-71-58-36-20-18-34-56(58)70(80-71)82-74-66-62(48-27-11-6-12-28-48)54-40-38-52(96(90,91)92)46-60(54)64(50-31-15-8-16-32-50)68(66)76(86(74)99)84-72-57-35-19-17-33-55(57)69(79-72)81-73/h5-20,25-40,45-46H,21-24,41-44,77-78H2,1-4H3,(H,87,88,89)(H,90,91,92). The fourth-order valence-electron chi connectivity index (χ4n) is 14.8. The molecule has 0 amide bonds. The Morgan fingerprint density at radius 2 is 0.697 bits per heavy atom. The van der Waals surface area contributed by atoms with E-state index in [0.717, 1.165) is 11.1 Å². The van der Waals surface area contributed by atoms with E-state index >= 15 is 0 Å². The van der Waals surface area contributed by atoms with E-state index < -0.39 is 45.8 Å². The molecule has 4 aliphatic heterocycles. The largest absolute Gasteiger partial charge is 0.582 e. The molecule has 2 aromatic heterocycles. The lowest BCUT2D eigenvalue weighted by Gasteiger charge is -2.43. The first kappa shape index (κ1) is 64.1. The highest BCUT2D eigenvalue weighted by molar-refractivity contribution is 7.86. The van der Waals surface area contributed by atoms with Crippen LogP contribution in [-0.2, 0) is 28.5 Å². The molecule has 12 aromatic rings. The highest BCUT2D eigenvalue weighted by atomic mass is 32.2. The zero-order chi connectivity index (χ0) is 68.3. The zero-order valence-electron chi connectivity index (χ0n) is 54.7. The number of hydrogen-bond acceptors (Lipinski definition) is 14. The number of aliphatic imine (C=N–C) groups is 4. The van der Waals surface area contributed by atoms with Crippen LogP contribution in [0.1, 0.15) is 47.9 Å². The molecule has 99 heavy (non-hydrogen) atoms. The highest BCUT2D eigenvalue weighted by Gasteiger charge is 2.59. The number of nitrogens with two attached hydrogens (primary N) is 2. The number of rotatable bonds is 18. The maximum absolute atomic E-state index is 13.8. The van der Waals surface area contributed by atoms with Gasteiger partial charge in [0.05, 0.1) is 9.79 Å². The Kier molecular flexibility index (Phi) is 15.8. The minimum atomic E-state index is -5.22. The number of nitrogens with zero attached hydrogens (tertiary/aromatic N) is 8. The molecule has 0 aliphatic carbocycles. The Morgan fingerprint density at radius 1 is 0.384 bits per heavy atom. The SMILES string of the molecule is C[Si](C)(CCCCN)O[Si]1(O[Si](C)(C)CCCCN)n2c3c4c(-c5ccccc5)c5cc(S(=O)(=O)O)ccc5c(-c5ccccc5)c4c2N=C2N=C(N=c4c5c(-c6ccccc6)c6cc(S(=O)(=O)O)ccc6c(-c6ccccc6)c5c(n41)=NC1=NC(=N3)c3ccccc31)c1ccccc12. The lowest BCUT2D eigenvalue weighted by Crippen LogP contribution is -2.70. The molecule has 0 unspecified atom stereocenters. The second-order valence-corrected chi connectivity index (χ2v) is 41.1. The Bertz CT molecular complexity index is 5880. The third-order valence-corrected chi connectivity index (χ3v) is 32.4. The molecule has 6 bridgehead atoms. The third kappa shape index (κ3) is 10.9. The van der Waals surface area contributed by atoms with Crippen LogP contribution in [0.15, 0.2) is 246 Å². The van der Waals surface area contributed by atoms with Gasteiger partial charge in [-0.2, -0.15) is 16.8 Å². The summed E-state index contributed by atoms with van der Waals surface area (Å²) in [5.74, 6) is 1.91. The van der Waals surface area contributed by atoms with Gasteiger partial charge in [-0.15, -0.1) is 0 Å². The van der Waals surface area contributed by atoms with E-state index in [-0.39, 0.29) is 9.79 Å². The molecule has 23 heteroatoms. The van der Waals surface area contributed by atoms with Gasteiger partial charge in [-0.05, 0) is 132 Å². The van der Waals surface area contributed by atoms with E-state index in [1.165, 1.54) is 12.1 Å². The number of hydrogen-bond donors (Lipinski definition) is 4. The number of amidine groups is 4. The molecule has 0 spiro atoms. The number of fused-ring (bicyclic) bond motifs is 16. The summed E-state index contributed by atoms with van der Waals surface area (Å²) in [4.78, 5) is 34.8. The van der Waals surface area contributed by atoms with E-state index in [4.69, 9.17) is 49.7 Å². The van der Waals surface area contributed by atoms with Gasteiger partial charge in [0, 0.05) is 66.1 Å². The monoisotopic (exact) mass is 1400 g/mol. The lowest BCUT2D eigenvalue weighted by atomic mass is 9.87. The van der Waals surface area contributed by atoms with Crippen molar-refractivity contribution in [2.75, 3.05) is 13.1 Å². The Labute approximate surface area is 575 Å². The first-order valence-corrected chi connectivity index (χ1v) is 43.9. The molecular formula is C76H68N10O8S2Si3. The maximum atomic E-state index is 13.8. The van der Waals surface area contributed by atoms with E-state index in [1.807, 2.05) is 170 Å². The minimum absolute atomic E-state index is 0.307. The number of unbranched alkanes of at least 4 members (excludes halogenated alkanes) is 2. The first-order valence-electron chi connectivity index (χ1n) is 33.1. The van der Waals surface area contributed by atoms with Crippen LogP contribution in [-0.4, -0.2) is 96.4 Å². The summed E-state index contributed by atoms with van der Waals surface area (Å²) in [6, 6.07) is 65.8. The minimum Gasteiger partial charge on any atom is -0.404 e. The molecular weight excluding hydrogens is 1330 g/mol. The van der Waals surface area contributed by atoms with Crippen molar-refractivity contribution in [3.63, 3.8) is 0 Å². The van der Waals surface area contributed by atoms with Gasteiger partial charge < -0.3 is 19.7 Å². The molecule has 0 atom stereocenters. The van der Waals surface area contributed by atoms with Crippen LogP contribution in [0.5, 0.6) is 0 Å². The van der Waals surface area contributed by atoms with Gasteiger partial charge in [0.15, 0.2) is 40.0 Å². The van der Waals surface area contributed by atoms with Crippen LogP contribution in [0.25, 0.3) is 87.6 Å². The van der Waals surface area contributed by atoms with Crippen LogP contribution in [0.4, 0.5) is 11.6 Å². The summed E-state index contributed by atoms with van der Waals surface area (Å²) in [6.07, 6.45) is 2.85. The van der Waals surface area contributed by atoms with Crippen molar-refractivity contribution in [1.82, 2.24) is 8.47 Å². The molecule has 16 rings (SSSR count). The molecule has 494 valence electrons. The summed E-state index contributed by atoms with van der Waals surface area (Å²) >= 11 is 0. The van der Waals surface area contributed by atoms with E-state index in [2.05, 4.69) is 34.7 Å². The van der Waals surface area contributed by atoms with E-state index in [0.29, 0.717) is 196 Å². The van der Waals surface area contributed by atoms with Crippen LogP contribution in [0, 0.1) is 0 Å². The van der Waals surface area contributed by atoms with Crippen LogP contribution in [0.2, 0.25) is 38.3 Å². The Morgan fingerprint density at radius 3 is 1.04 bits per heavy atom. The van der Waals surface area contributed by atoms with Gasteiger partial charge in [0.2, 0.25) is 0 Å². The average molecular weight is 1400 g/mol. The average Bonchev–Trinajstić information content (AvgIpc) is 1.52. The topological polar surface area (TPSA) is 263 Å². The lowest BCUT2D eigenvalue weighted by molar-refractivity contribution is 0.333. The summed E-state index contributed by atoms with van der Waals surface area (Å²) in [7, 11) is -21.5. The maximum Gasteiger partial charge on any atom is 0.582 e. The Hall–Kier alpha value is -9.61. The summed E-state index contributed by atoms with van der Waals surface area (Å²) in [6.45, 7) is 9.76. The quantitative estimate of drug-likeness (QED) is 0.0358. The first-order chi connectivity index (χ1) is 47.8. The van der Waals surface area contributed by atoms with Crippen molar-refractivity contribution in [3.05, 3.63) is 239 Å². The van der Waals surface area contributed by atoms with Gasteiger partial charge in [-0.1, -0.05) is 195 Å². The van der Waals surface area contributed by atoms with Crippen molar-refractivity contribution in [2.24, 2.45) is 41.4 Å².